The molecule has 1 aliphatic heterocycles. The minimum absolute atomic E-state index is 0.00718. The van der Waals surface area contributed by atoms with Crippen molar-refractivity contribution in [2.24, 2.45) is 5.92 Å². The first-order valence-corrected chi connectivity index (χ1v) is 8.75. The highest BCUT2D eigenvalue weighted by atomic mass is 16.2. The quantitative estimate of drug-likeness (QED) is 0.912. The third kappa shape index (κ3) is 3.90. The second-order valence-corrected chi connectivity index (χ2v) is 6.92. The van der Waals surface area contributed by atoms with E-state index in [1.807, 2.05) is 54.6 Å². The number of fused-ring (bicyclic) bond motifs is 1. The summed E-state index contributed by atoms with van der Waals surface area (Å²) in [7, 11) is 0. The van der Waals surface area contributed by atoms with Crippen molar-refractivity contribution in [3.63, 3.8) is 0 Å². The Labute approximate surface area is 148 Å². The molecular weight excluding hydrogens is 312 g/mol. The number of carbonyl (C=O) groups excluding carboxylic acids is 2. The second-order valence-electron chi connectivity index (χ2n) is 6.92. The summed E-state index contributed by atoms with van der Waals surface area (Å²) in [6.07, 6.45) is 0.344. The third-order valence-electron chi connectivity index (χ3n) is 4.45. The zero-order chi connectivity index (χ0) is 17.8. The zero-order valence-electron chi connectivity index (χ0n) is 14.7. The van der Waals surface area contributed by atoms with Crippen molar-refractivity contribution in [1.29, 1.82) is 0 Å². The van der Waals surface area contributed by atoms with Gasteiger partial charge in [0.25, 0.3) is 0 Å². The highest BCUT2D eigenvalue weighted by molar-refractivity contribution is 5.92. The number of nitrogens with zero attached hydrogens (tertiary/aromatic N) is 1. The Kier molecular flexibility index (Phi) is 5.17. The molecule has 4 heteroatoms. The molecule has 3 rings (SSSR count). The number of hydrogen-bond donors (Lipinski definition) is 1. The normalized spacial score (nSPS) is 16.7. The van der Waals surface area contributed by atoms with Crippen molar-refractivity contribution in [1.82, 2.24) is 10.2 Å². The number of nitrogens with one attached hydrogen (secondary N) is 1. The van der Waals surface area contributed by atoms with Gasteiger partial charge in [0.15, 0.2) is 0 Å². The van der Waals surface area contributed by atoms with Gasteiger partial charge in [-0.05, 0) is 22.6 Å². The van der Waals surface area contributed by atoms with Crippen molar-refractivity contribution < 1.29 is 9.59 Å². The monoisotopic (exact) mass is 336 g/mol. The van der Waals surface area contributed by atoms with E-state index in [-0.39, 0.29) is 11.8 Å². The van der Waals surface area contributed by atoms with Gasteiger partial charge in [0.1, 0.15) is 6.04 Å². The lowest BCUT2D eigenvalue weighted by molar-refractivity contribution is -0.142. The summed E-state index contributed by atoms with van der Waals surface area (Å²) in [4.78, 5) is 27.4. The molecule has 0 bridgehead atoms. The molecule has 0 saturated carbocycles. The lowest BCUT2D eigenvalue weighted by atomic mass is 9.91. The Hall–Kier alpha value is -2.62. The van der Waals surface area contributed by atoms with Crippen LogP contribution in [0.15, 0.2) is 54.6 Å². The highest BCUT2D eigenvalue weighted by Crippen LogP contribution is 2.32. The summed E-state index contributed by atoms with van der Waals surface area (Å²) in [6, 6.07) is 17.0. The zero-order valence-corrected chi connectivity index (χ0v) is 14.7. The molecule has 2 amide bonds. The topological polar surface area (TPSA) is 49.4 Å². The Morgan fingerprint density at radius 1 is 1.12 bits per heavy atom. The first kappa shape index (κ1) is 17.2. The molecular formula is C21H24N2O2. The molecule has 1 atom stereocenters. The minimum Gasteiger partial charge on any atom is -0.354 e. The summed E-state index contributed by atoms with van der Waals surface area (Å²) >= 11 is 0. The van der Waals surface area contributed by atoms with Crippen molar-refractivity contribution in [2.75, 3.05) is 6.54 Å². The molecule has 130 valence electrons. The van der Waals surface area contributed by atoms with Crippen LogP contribution in [0.4, 0.5) is 0 Å². The number of carbonyl (C=O) groups is 2. The van der Waals surface area contributed by atoms with E-state index in [1.54, 1.807) is 4.90 Å². The van der Waals surface area contributed by atoms with Gasteiger partial charge in [-0.15, -0.1) is 0 Å². The first-order chi connectivity index (χ1) is 12.1. The smallest absolute Gasteiger partial charge is 0.247 e. The van der Waals surface area contributed by atoms with E-state index in [0.717, 1.165) is 16.7 Å². The largest absolute Gasteiger partial charge is 0.354 e. The van der Waals surface area contributed by atoms with Gasteiger partial charge in [0.05, 0.1) is 6.42 Å². The van der Waals surface area contributed by atoms with E-state index in [9.17, 15) is 9.59 Å². The average Bonchev–Trinajstić information content (AvgIpc) is 2.61. The van der Waals surface area contributed by atoms with E-state index in [1.165, 1.54) is 0 Å². The standard InChI is InChI=1S/C21H24N2O2/c1-15(2)13-22-21(25)20-18-11-7-6-10-17(18)12-19(24)23(20)14-16-8-4-3-5-9-16/h3-11,15,20H,12-14H2,1-2H3,(H,22,25). The Morgan fingerprint density at radius 2 is 1.80 bits per heavy atom. The maximum Gasteiger partial charge on any atom is 0.247 e. The molecule has 0 radical (unpaired) electrons. The second kappa shape index (κ2) is 7.51. The van der Waals surface area contributed by atoms with Gasteiger partial charge in [-0.3, -0.25) is 9.59 Å². The summed E-state index contributed by atoms with van der Waals surface area (Å²) in [5, 5.41) is 3.00. The fourth-order valence-corrected chi connectivity index (χ4v) is 3.18. The van der Waals surface area contributed by atoms with Gasteiger partial charge in [0, 0.05) is 13.1 Å². The molecule has 1 aliphatic rings. The maximum atomic E-state index is 12.9. The van der Waals surface area contributed by atoms with E-state index < -0.39 is 6.04 Å². The van der Waals surface area contributed by atoms with E-state index in [4.69, 9.17) is 0 Å². The van der Waals surface area contributed by atoms with Gasteiger partial charge in [-0.1, -0.05) is 68.4 Å². The van der Waals surface area contributed by atoms with Crippen LogP contribution in [0.3, 0.4) is 0 Å². The molecule has 4 nitrogen and oxygen atoms in total. The van der Waals surface area contributed by atoms with Gasteiger partial charge < -0.3 is 10.2 Å². The molecule has 2 aromatic rings. The van der Waals surface area contributed by atoms with Crippen molar-refractivity contribution >= 4 is 11.8 Å². The SMILES string of the molecule is CC(C)CNC(=O)C1c2ccccc2CC(=O)N1Cc1ccccc1. The Morgan fingerprint density at radius 3 is 2.52 bits per heavy atom. The summed E-state index contributed by atoms with van der Waals surface area (Å²) in [5.74, 6) is 0.249. The molecule has 0 saturated heterocycles. The lowest BCUT2D eigenvalue weighted by Crippen LogP contribution is -2.47. The van der Waals surface area contributed by atoms with Crippen molar-refractivity contribution in [3.8, 4) is 0 Å². The van der Waals surface area contributed by atoms with Gasteiger partial charge in [0.2, 0.25) is 11.8 Å². The van der Waals surface area contributed by atoms with Crippen LogP contribution in [0.5, 0.6) is 0 Å². The summed E-state index contributed by atoms with van der Waals surface area (Å²) < 4.78 is 0. The van der Waals surface area contributed by atoms with Crippen LogP contribution in [0.2, 0.25) is 0 Å². The first-order valence-electron chi connectivity index (χ1n) is 8.75. The van der Waals surface area contributed by atoms with Crippen LogP contribution in [-0.2, 0) is 22.6 Å². The fraction of sp³-hybridized carbons (Fsp3) is 0.333. The number of benzene rings is 2. The van der Waals surface area contributed by atoms with Gasteiger partial charge in [-0.2, -0.15) is 0 Å². The van der Waals surface area contributed by atoms with Crippen LogP contribution in [0, 0.1) is 5.92 Å². The maximum absolute atomic E-state index is 12.9. The average molecular weight is 336 g/mol. The molecule has 0 fully saturated rings. The molecule has 1 unspecified atom stereocenters. The summed E-state index contributed by atoms with van der Waals surface area (Å²) in [6.45, 7) is 5.16. The van der Waals surface area contributed by atoms with Crippen LogP contribution in [0.25, 0.3) is 0 Å². The van der Waals surface area contributed by atoms with Gasteiger partial charge >= 0.3 is 0 Å². The van der Waals surface area contributed by atoms with Crippen LogP contribution >= 0.6 is 0 Å². The molecule has 1 heterocycles. The summed E-state index contributed by atoms with van der Waals surface area (Å²) in [5.41, 5.74) is 2.90. The van der Waals surface area contributed by atoms with E-state index in [2.05, 4.69) is 19.2 Å². The number of amides is 2. The molecule has 2 aromatic carbocycles. The predicted octanol–water partition coefficient (Wildman–Crippen LogP) is 3.08. The van der Waals surface area contributed by atoms with Crippen molar-refractivity contribution in [2.45, 2.75) is 32.9 Å². The lowest BCUT2D eigenvalue weighted by Gasteiger charge is -2.36. The number of hydrogen-bond acceptors (Lipinski definition) is 2. The Bertz CT molecular complexity index is 756. The highest BCUT2D eigenvalue weighted by Gasteiger charge is 2.36. The third-order valence-corrected chi connectivity index (χ3v) is 4.45. The van der Waals surface area contributed by atoms with Crippen LogP contribution in [0.1, 0.15) is 36.6 Å². The predicted molar refractivity (Wildman–Crippen MR) is 97.7 cm³/mol. The Balaban J connectivity index is 1.93. The molecule has 0 spiro atoms. The molecule has 25 heavy (non-hydrogen) atoms. The van der Waals surface area contributed by atoms with Crippen LogP contribution in [-0.4, -0.2) is 23.3 Å². The van der Waals surface area contributed by atoms with Gasteiger partial charge in [-0.25, -0.2) is 0 Å². The molecule has 0 aliphatic carbocycles. The number of rotatable bonds is 5. The minimum atomic E-state index is -0.573. The van der Waals surface area contributed by atoms with Crippen molar-refractivity contribution in [3.05, 3.63) is 71.3 Å². The fourth-order valence-electron chi connectivity index (χ4n) is 3.18. The van der Waals surface area contributed by atoms with E-state index >= 15 is 0 Å². The molecule has 0 aromatic heterocycles. The van der Waals surface area contributed by atoms with Crippen LogP contribution < -0.4 is 5.32 Å². The van der Waals surface area contributed by atoms with E-state index in [0.29, 0.717) is 25.4 Å². The molecule has 1 N–H and O–H groups in total.